The molecule has 1 heterocycles. The summed E-state index contributed by atoms with van der Waals surface area (Å²) in [6, 6.07) is 16.0. The molecular formula is C21H26N2O2. The summed E-state index contributed by atoms with van der Waals surface area (Å²) in [4.78, 5) is 14.6. The first-order valence-corrected chi connectivity index (χ1v) is 8.96. The number of aryl methyl sites for hydroxylation is 1. The number of hydrogen-bond donors (Lipinski definition) is 2. The molecule has 1 saturated heterocycles. The van der Waals surface area contributed by atoms with Crippen molar-refractivity contribution in [3.05, 3.63) is 65.2 Å². The van der Waals surface area contributed by atoms with Crippen LogP contribution in [0.5, 0.6) is 0 Å². The molecule has 1 aliphatic heterocycles. The molecule has 0 saturated carbocycles. The van der Waals surface area contributed by atoms with Crippen molar-refractivity contribution in [2.75, 3.05) is 24.6 Å². The highest BCUT2D eigenvalue weighted by atomic mass is 16.3. The van der Waals surface area contributed by atoms with Crippen LogP contribution >= 0.6 is 0 Å². The number of carbonyl (C=O) groups is 1. The Hall–Kier alpha value is -2.33. The molecule has 132 valence electrons. The van der Waals surface area contributed by atoms with Crippen LogP contribution in [0, 0.1) is 12.8 Å². The van der Waals surface area contributed by atoms with Crippen LogP contribution < -0.4 is 10.2 Å². The summed E-state index contributed by atoms with van der Waals surface area (Å²) in [6.07, 6.45) is 2.09. The monoisotopic (exact) mass is 338 g/mol. The van der Waals surface area contributed by atoms with E-state index in [2.05, 4.69) is 34.5 Å². The van der Waals surface area contributed by atoms with Crippen LogP contribution in [-0.2, 0) is 6.54 Å². The molecule has 0 spiro atoms. The average Bonchev–Trinajstić information content (AvgIpc) is 2.67. The van der Waals surface area contributed by atoms with Gasteiger partial charge in [-0.15, -0.1) is 0 Å². The highest BCUT2D eigenvalue weighted by molar-refractivity contribution is 5.95. The van der Waals surface area contributed by atoms with Crippen LogP contribution in [0.25, 0.3) is 0 Å². The number of hydrogen-bond acceptors (Lipinski definition) is 3. The first kappa shape index (κ1) is 17.5. The van der Waals surface area contributed by atoms with Gasteiger partial charge in [0.05, 0.1) is 0 Å². The molecule has 0 atom stereocenters. The van der Waals surface area contributed by atoms with Crippen molar-refractivity contribution in [3.63, 3.8) is 0 Å². The second-order valence-corrected chi connectivity index (χ2v) is 6.78. The molecule has 0 radical (unpaired) electrons. The van der Waals surface area contributed by atoms with Gasteiger partial charge in [0, 0.05) is 37.5 Å². The third kappa shape index (κ3) is 4.40. The lowest BCUT2D eigenvalue weighted by atomic mass is 9.97. The number of amides is 1. The molecular weight excluding hydrogens is 312 g/mol. The van der Waals surface area contributed by atoms with Crippen LogP contribution in [0.4, 0.5) is 5.69 Å². The van der Waals surface area contributed by atoms with Gasteiger partial charge in [0.2, 0.25) is 0 Å². The van der Waals surface area contributed by atoms with Crippen LogP contribution in [0.2, 0.25) is 0 Å². The Morgan fingerprint density at radius 3 is 2.44 bits per heavy atom. The van der Waals surface area contributed by atoms with Gasteiger partial charge in [-0.05, 0) is 55.0 Å². The largest absolute Gasteiger partial charge is 0.396 e. The molecule has 2 aromatic rings. The maximum atomic E-state index is 12.3. The summed E-state index contributed by atoms with van der Waals surface area (Å²) < 4.78 is 0. The number of nitrogens with zero attached hydrogens (tertiary/aromatic N) is 1. The van der Waals surface area contributed by atoms with Gasteiger partial charge in [-0.25, -0.2) is 0 Å². The van der Waals surface area contributed by atoms with E-state index >= 15 is 0 Å². The van der Waals surface area contributed by atoms with Gasteiger partial charge >= 0.3 is 0 Å². The Morgan fingerprint density at radius 1 is 1.12 bits per heavy atom. The highest BCUT2D eigenvalue weighted by Crippen LogP contribution is 2.23. The molecule has 1 fully saturated rings. The van der Waals surface area contributed by atoms with Gasteiger partial charge in [-0.3, -0.25) is 4.79 Å². The predicted octanol–water partition coefficient (Wildman–Crippen LogP) is 3.13. The SMILES string of the molecule is Cc1ccccc1C(=O)NCc1ccc(N2CCC(CO)CC2)cc1. The fraction of sp³-hybridized carbons (Fsp3) is 0.381. The van der Waals surface area contributed by atoms with E-state index in [1.54, 1.807) is 0 Å². The summed E-state index contributed by atoms with van der Waals surface area (Å²) in [6.45, 7) is 4.76. The lowest BCUT2D eigenvalue weighted by Gasteiger charge is -2.33. The molecule has 3 rings (SSSR count). The maximum Gasteiger partial charge on any atom is 0.251 e. The Bertz CT molecular complexity index is 704. The van der Waals surface area contributed by atoms with Crippen molar-refractivity contribution in [2.24, 2.45) is 5.92 Å². The fourth-order valence-electron chi connectivity index (χ4n) is 3.30. The van der Waals surface area contributed by atoms with Crippen LogP contribution in [0.15, 0.2) is 48.5 Å². The second-order valence-electron chi connectivity index (χ2n) is 6.78. The zero-order chi connectivity index (χ0) is 17.6. The Kier molecular flexibility index (Phi) is 5.71. The van der Waals surface area contributed by atoms with E-state index in [0.29, 0.717) is 19.1 Å². The van der Waals surface area contributed by atoms with E-state index in [4.69, 9.17) is 0 Å². The van der Waals surface area contributed by atoms with Crippen molar-refractivity contribution in [1.29, 1.82) is 0 Å². The van der Waals surface area contributed by atoms with Crippen molar-refractivity contribution in [1.82, 2.24) is 5.32 Å². The van der Waals surface area contributed by atoms with Gasteiger partial charge in [-0.2, -0.15) is 0 Å². The molecule has 0 aliphatic carbocycles. The van der Waals surface area contributed by atoms with Crippen LogP contribution in [0.3, 0.4) is 0 Å². The van der Waals surface area contributed by atoms with Crippen LogP contribution in [-0.4, -0.2) is 30.7 Å². The Morgan fingerprint density at radius 2 is 1.80 bits per heavy atom. The average molecular weight is 338 g/mol. The molecule has 25 heavy (non-hydrogen) atoms. The summed E-state index contributed by atoms with van der Waals surface area (Å²) in [7, 11) is 0. The number of aliphatic hydroxyl groups is 1. The number of nitrogens with one attached hydrogen (secondary N) is 1. The number of benzene rings is 2. The van der Waals surface area contributed by atoms with Gasteiger partial charge in [-0.1, -0.05) is 30.3 Å². The normalized spacial score (nSPS) is 15.2. The molecule has 0 unspecified atom stereocenters. The van der Waals surface area contributed by atoms with Gasteiger partial charge in [0.25, 0.3) is 5.91 Å². The lowest BCUT2D eigenvalue weighted by Crippen LogP contribution is -2.34. The van der Waals surface area contributed by atoms with Crippen molar-refractivity contribution in [2.45, 2.75) is 26.3 Å². The Labute approximate surface area is 149 Å². The molecule has 1 aliphatic rings. The van der Waals surface area contributed by atoms with Gasteiger partial charge < -0.3 is 15.3 Å². The smallest absolute Gasteiger partial charge is 0.251 e. The molecule has 4 heteroatoms. The molecule has 0 bridgehead atoms. The van der Waals surface area contributed by atoms with Crippen LogP contribution in [0.1, 0.15) is 34.3 Å². The van der Waals surface area contributed by atoms with E-state index in [9.17, 15) is 9.90 Å². The lowest BCUT2D eigenvalue weighted by molar-refractivity contribution is 0.0950. The fourth-order valence-corrected chi connectivity index (χ4v) is 3.30. The predicted molar refractivity (Wildman–Crippen MR) is 101 cm³/mol. The summed E-state index contributed by atoms with van der Waals surface area (Å²) in [5.41, 5.74) is 4.02. The molecule has 2 aromatic carbocycles. The minimum atomic E-state index is -0.0340. The number of anilines is 1. The number of piperidine rings is 1. The number of rotatable bonds is 5. The third-order valence-corrected chi connectivity index (χ3v) is 5.02. The summed E-state index contributed by atoms with van der Waals surface area (Å²) in [5, 5.41) is 12.2. The molecule has 4 nitrogen and oxygen atoms in total. The first-order chi connectivity index (χ1) is 12.2. The topological polar surface area (TPSA) is 52.6 Å². The summed E-state index contributed by atoms with van der Waals surface area (Å²) in [5.74, 6) is 0.417. The van der Waals surface area contributed by atoms with E-state index < -0.39 is 0 Å². The standard InChI is InChI=1S/C21H26N2O2/c1-16-4-2-3-5-20(16)21(25)22-14-17-6-8-19(9-7-17)23-12-10-18(15-24)11-13-23/h2-9,18,24H,10-15H2,1H3,(H,22,25). The van der Waals surface area contributed by atoms with E-state index in [0.717, 1.165) is 42.6 Å². The Balaban J connectivity index is 1.54. The van der Waals surface area contributed by atoms with Gasteiger partial charge in [0.15, 0.2) is 0 Å². The second kappa shape index (κ2) is 8.17. The van der Waals surface area contributed by atoms with Gasteiger partial charge in [0.1, 0.15) is 0 Å². The quantitative estimate of drug-likeness (QED) is 0.881. The maximum absolute atomic E-state index is 12.3. The van der Waals surface area contributed by atoms with E-state index in [1.807, 2.05) is 31.2 Å². The van der Waals surface area contributed by atoms with Crippen molar-refractivity contribution < 1.29 is 9.90 Å². The third-order valence-electron chi connectivity index (χ3n) is 5.02. The zero-order valence-electron chi connectivity index (χ0n) is 14.7. The minimum absolute atomic E-state index is 0.0340. The van der Waals surface area contributed by atoms with Crippen molar-refractivity contribution >= 4 is 11.6 Å². The number of carbonyl (C=O) groups excluding carboxylic acids is 1. The van der Waals surface area contributed by atoms with E-state index in [-0.39, 0.29) is 5.91 Å². The first-order valence-electron chi connectivity index (χ1n) is 8.96. The number of aliphatic hydroxyl groups excluding tert-OH is 1. The summed E-state index contributed by atoms with van der Waals surface area (Å²) >= 11 is 0. The minimum Gasteiger partial charge on any atom is -0.396 e. The molecule has 1 amide bonds. The highest BCUT2D eigenvalue weighted by Gasteiger charge is 2.18. The molecule has 0 aromatic heterocycles. The zero-order valence-corrected chi connectivity index (χ0v) is 14.7. The van der Waals surface area contributed by atoms with Crippen molar-refractivity contribution in [3.8, 4) is 0 Å². The van der Waals surface area contributed by atoms with E-state index in [1.165, 1.54) is 5.69 Å². The molecule has 2 N–H and O–H groups in total.